The Morgan fingerprint density at radius 2 is 1.92 bits per heavy atom. The van der Waals surface area contributed by atoms with E-state index in [1.165, 1.54) is 0 Å². The van der Waals surface area contributed by atoms with E-state index < -0.39 is 6.10 Å². The Hall–Kier alpha value is -1.95. The van der Waals surface area contributed by atoms with Crippen molar-refractivity contribution < 1.29 is 5.11 Å². The van der Waals surface area contributed by atoms with Gasteiger partial charge in [0.15, 0.2) is 0 Å². The Morgan fingerprint density at radius 1 is 1.21 bits per heavy atom. The number of rotatable bonds is 4. The van der Waals surface area contributed by atoms with Crippen LogP contribution in [-0.4, -0.2) is 37.7 Å². The second-order valence-electron chi connectivity index (χ2n) is 7.02. The highest BCUT2D eigenvalue weighted by Gasteiger charge is 2.29. The van der Waals surface area contributed by atoms with Crippen molar-refractivity contribution in [3.63, 3.8) is 0 Å². The fourth-order valence-electron chi connectivity index (χ4n) is 3.35. The molecule has 1 fully saturated rings. The molecule has 0 spiro atoms. The van der Waals surface area contributed by atoms with Crippen LogP contribution in [0.4, 0.5) is 5.82 Å². The number of imidazole rings is 1. The van der Waals surface area contributed by atoms with Crippen LogP contribution in [0.2, 0.25) is 0 Å². The number of piperidine rings is 1. The molecular weight excluding hydrogens is 302 g/mol. The van der Waals surface area contributed by atoms with Crippen molar-refractivity contribution >= 4 is 5.82 Å². The van der Waals surface area contributed by atoms with Crippen LogP contribution in [0, 0.1) is 12.8 Å². The second kappa shape index (κ2) is 6.89. The van der Waals surface area contributed by atoms with Crippen LogP contribution in [0.15, 0.2) is 18.5 Å². The minimum absolute atomic E-state index is 0.245. The van der Waals surface area contributed by atoms with Crippen LogP contribution in [0.1, 0.15) is 56.1 Å². The number of anilines is 1. The maximum atomic E-state index is 10.6. The van der Waals surface area contributed by atoms with Crippen LogP contribution in [0.25, 0.3) is 0 Å². The van der Waals surface area contributed by atoms with Gasteiger partial charge in [-0.3, -0.25) is 0 Å². The number of aliphatic hydroxyl groups excluding tert-OH is 1. The fraction of sp³-hybridized carbons (Fsp3) is 0.611. The highest BCUT2D eigenvalue weighted by atomic mass is 16.3. The van der Waals surface area contributed by atoms with Crippen molar-refractivity contribution in [2.24, 2.45) is 13.0 Å². The lowest BCUT2D eigenvalue weighted by Gasteiger charge is -2.35. The van der Waals surface area contributed by atoms with Crippen molar-refractivity contribution in [3.05, 3.63) is 35.8 Å². The normalized spacial score (nSPS) is 17.5. The van der Waals surface area contributed by atoms with Crippen LogP contribution in [0.3, 0.4) is 0 Å². The minimum Gasteiger partial charge on any atom is -0.385 e. The van der Waals surface area contributed by atoms with Gasteiger partial charge < -0.3 is 14.6 Å². The Labute approximate surface area is 143 Å². The smallest absolute Gasteiger partial charge is 0.137 e. The van der Waals surface area contributed by atoms with Crippen molar-refractivity contribution in [2.75, 3.05) is 18.0 Å². The quantitative estimate of drug-likeness (QED) is 0.934. The van der Waals surface area contributed by atoms with E-state index >= 15 is 0 Å². The molecule has 1 aliphatic heterocycles. The predicted octanol–water partition coefficient (Wildman–Crippen LogP) is 2.59. The maximum absolute atomic E-state index is 10.6. The molecule has 1 aliphatic rings. The van der Waals surface area contributed by atoms with Gasteiger partial charge in [0.2, 0.25) is 0 Å². The fourth-order valence-corrected chi connectivity index (χ4v) is 3.35. The summed E-state index contributed by atoms with van der Waals surface area (Å²) in [7, 11) is 1.93. The Kier molecular flexibility index (Phi) is 4.85. The van der Waals surface area contributed by atoms with Gasteiger partial charge in [0.25, 0.3) is 0 Å². The van der Waals surface area contributed by atoms with Crippen LogP contribution < -0.4 is 4.90 Å². The summed E-state index contributed by atoms with van der Waals surface area (Å²) in [5.41, 5.74) is 1.09. The number of hydrogen-bond acceptors (Lipinski definition) is 5. The van der Waals surface area contributed by atoms with Crippen LogP contribution in [0.5, 0.6) is 0 Å². The molecule has 6 heteroatoms. The number of nitrogens with zero attached hydrogens (tertiary/aromatic N) is 5. The lowest BCUT2D eigenvalue weighted by Crippen LogP contribution is -2.36. The largest absolute Gasteiger partial charge is 0.385 e. The molecule has 2 aromatic rings. The topological polar surface area (TPSA) is 67.1 Å². The van der Waals surface area contributed by atoms with Gasteiger partial charge in [-0.15, -0.1) is 0 Å². The zero-order valence-corrected chi connectivity index (χ0v) is 15.0. The molecule has 6 nitrogen and oxygen atoms in total. The van der Waals surface area contributed by atoms with Gasteiger partial charge in [-0.1, -0.05) is 13.8 Å². The molecule has 0 radical (unpaired) electrons. The molecule has 0 aromatic carbocycles. The summed E-state index contributed by atoms with van der Waals surface area (Å²) in [6, 6.07) is 2.10. The lowest BCUT2D eigenvalue weighted by atomic mass is 9.90. The zero-order valence-electron chi connectivity index (χ0n) is 15.0. The van der Waals surface area contributed by atoms with Gasteiger partial charge in [-0.05, 0) is 31.6 Å². The molecule has 1 atom stereocenters. The van der Waals surface area contributed by atoms with Crippen LogP contribution >= 0.6 is 0 Å². The van der Waals surface area contributed by atoms with E-state index in [9.17, 15) is 5.11 Å². The summed E-state index contributed by atoms with van der Waals surface area (Å²) < 4.78 is 1.90. The molecule has 24 heavy (non-hydrogen) atoms. The molecule has 0 saturated carbocycles. The van der Waals surface area contributed by atoms with Crippen molar-refractivity contribution in [1.29, 1.82) is 0 Å². The van der Waals surface area contributed by atoms with Crippen LogP contribution in [-0.2, 0) is 7.05 Å². The number of aliphatic hydroxyl groups is 1. The van der Waals surface area contributed by atoms with E-state index in [2.05, 4.69) is 39.8 Å². The van der Waals surface area contributed by atoms with Gasteiger partial charge in [-0.25, -0.2) is 15.0 Å². The first-order chi connectivity index (χ1) is 11.5. The molecule has 3 rings (SSSR count). The summed E-state index contributed by atoms with van der Waals surface area (Å²) in [5, 5.41) is 10.6. The first-order valence-electron chi connectivity index (χ1n) is 8.71. The van der Waals surface area contributed by atoms with Gasteiger partial charge in [0.05, 0.1) is 0 Å². The second-order valence-corrected chi connectivity index (χ2v) is 7.02. The molecule has 0 aliphatic carbocycles. The molecule has 130 valence electrons. The average Bonchev–Trinajstić information content (AvgIpc) is 2.99. The van der Waals surface area contributed by atoms with Crippen molar-refractivity contribution in [2.45, 2.75) is 45.6 Å². The number of hydrogen-bond donors (Lipinski definition) is 1. The number of aromatic nitrogens is 4. The standard InChI is InChI=1S/C18H27N5O/c1-12(2)15-11-16(21-13(3)20-15)23-8-5-14(6-9-23)17(24)18-19-7-10-22(18)4/h7,10-12,14,17,24H,5-6,8-9H2,1-4H3. The van der Waals surface area contributed by atoms with E-state index in [0.29, 0.717) is 5.92 Å². The zero-order chi connectivity index (χ0) is 17.3. The summed E-state index contributed by atoms with van der Waals surface area (Å²) in [6.07, 6.45) is 5.00. The molecule has 2 aromatic heterocycles. The monoisotopic (exact) mass is 329 g/mol. The predicted molar refractivity (Wildman–Crippen MR) is 94.0 cm³/mol. The third kappa shape index (κ3) is 3.43. The van der Waals surface area contributed by atoms with E-state index in [0.717, 1.165) is 49.1 Å². The number of aryl methyl sites for hydroxylation is 2. The first kappa shape index (κ1) is 16.9. The van der Waals surface area contributed by atoms with Gasteiger partial charge in [-0.2, -0.15) is 0 Å². The summed E-state index contributed by atoms with van der Waals surface area (Å²) in [6.45, 7) is 8.06. The van der Waals surface area contributed by atoms with E-state index in [4.69, 9.17) is 0 Å². The molecule has 1 saturated heterocycles. The SMILES string of the molecule is Cc1nc(C(C)C)cc(N2CCC(C(O)c3nccn3C)CC2)n1. The molecular formula is C18H27N5O. The van der Waals surface area contributed by atoms with E-state index in [1.807, 2.05) is 24.7 Å². The van der Waals surface area contributed by atoms with Crippen molar-refractivity contribution in [1.82, 2.24) is 19.5 Å². The average molecular weight is 329 g/mol. The Balaban J connectivity index is 1.68. The Morgan fingerprint density at radius 3 is 2.50 bits per heavy atom. The molecule has 1 N–H and O–H groups in total. The summed E-state index contributed by atoms with van der Waals surface area (Å²) >= 11 is 0. The van der Waals surface area contributed by atoms with E-state index in [-0.39, 0.29) is 5.92 Å². The first-order valence-corrected chi connectivity index (χ1v) is 8.71. The van der Waals surface area contributed by atoms with Gasteiger partial charge in [0.1, 0.15) is 23.6 Å². The highest BCUT2D eigenvalue weighted by molar-refractivity contribution is 5.41. The Bertz CT molecular complexity index is 688. The molecule has 1 unspecified atom stereocenters. The molecule has 3 heterocycles. The maximum Gasteiger partial charge on any atom is 0.137 e. The van der Waals surface area contributed by atoms with Gasteiger partial charge in [0, 0.05) is 44.3 Å². The molecule has 0 amide bonds. The summed E-state index contributed by atoms with van der Waals surface area (Å²) in [4.78, 5) is 15.7. The minimum atomic E-state index is -0.495. The lowest BCUT2D eigenvalue weighted by molar-refractivity contribution is 0.0824. The van der Waals surface area contributed by atoms with Gasteiger partial charge >= 0.3 is 0 Å². The third-order valence-electron chi connectivity index (χ3n) is 4.87. The third-order valence-corrected chi connectivity index (χ3v) is 4.87. The van der Waals surface area contributed by atoms with E-state index in [1.54, 1.807) is 6.20 Å². The van der Waals surface area contributed by atoms with Crippen molar-refractivity contribution in [3.8, 4) is 0 Å². The highest BCUT2D eigenvalue weighted by Crippen LogP contribution is 2.31. The molecule has 0 bridgehead atoms. The summed E-state index contributed by atoms with van der Waals surface area (Å²) in [5.74, 6) is 3.24.